The van der Waals surface area contributed by atoms with Crippen LogP contribution in [0.4, 0.5) is 10.1 Å². The maximum Gasteiger partial charge on any atom is 0.307 e. The van der Waals surface area contributed by atoms with Crippen molar-refractivity contribution >= 4 is 27.6 Å². The fourth-order valence-electron chi connectivity index (χ4n) is 2.71. The highest BCUT2D eigenvalue weighted by Crippen LogP contribution is 2.28. The second-order valence-corrected chi connectivity index (χ2v) is 8.24. The first-order chi connectivity index (χ1) is 11.6. The Morgan fingerprint density at radius 3 is 2.64 bits per heavy atom. The van der Waals surface area contributed by atoms with Gasteiger partial charge in [-0.1, -0.05) is 13.8 Å². The van der Waals surface area contributed by atoms with E-state index in [0.29, 0.717) is 18.4 Å². The number of carbonyl (C=O) groups excluding carboxylic acids is 1. The monoisotopic (exact) mass is 372 g/mol. The maximum absolute atomic E-state index is 14.2. The number of benzene rings is 1. The number of fused-ring (bicyclic) bond motifs is 1. The zero-order valence-corrected chi connectivity index (χ0v) is 14.8. The number of hydrogen-bond acceptors (Lipinski definition) is 4. The Kier molecular flexibility index (Phi) is 5.79. The second kappa shape index (κ2) is 7.49. The number of carbonyl (C=O) groups is 2. The smallest absolute Gasteiger partial charge is 0.307 e. The van der Waals surface area contributed by atoms with E-state index in [-0.39, 0.29) is 30.5 Å². The van der Waals surface area contributed by atoms with Crippen LogP contribution in [0, 0.1) is 17.7 Å². The minimum atomic E-state index is -4.20. The van der Waals surface area contributed by atoms with Crippen molar-refractivity contribution in [3.8, 4) is 0 Å². The third-order valence-corrected chi connectivity index (χ3v) is 5.41. The van der Waals surface area contributed by atoms with E-state index in [1.165, 1.54) is 6.07 Å². The zero-order chi connectivity index (χ0) is 18.8. The van der Waals surface area contributed by atoms with E-state index in [0.717, 1.165) is 6.07 Å². The quantitative estimate of drug-likeness (QED) is 0.675. The molecule has 1 aliphatic heterocycles. The van der Waals surface area contributed by atoms with Gasteiger partial charge in [-0.3, -0.25) is 9.59 Å². The Bertz CT molecular complexity index is 792. The number of amides is 1. The van der Waals surface area contributed by atoms with Crippen molar-refractivity contribution < 1.29 is 27.5 Å². The average molecular weight is 372 g/mol. The molecule has 0 radical (unpaired) electrons. The predicted molar refractivity (Wildman–Crippen MR) is 89.1 cm³/mol. The summed E-state index contributed by atoms with van der Waals surface area (Å²) in [5.41, 5.74) is 0.786. The number of anilines is 1. The van der Waals surface area contributed by atoms with Gasteiger partial charge < -0.3 is 10.4 Å². The highest BCUT2D eigenvalue weighted by atomic mass is 32.2. The highest BCUT2D eigenvalue weighted by molar-refractivity contribution is 7.89. The number of sulfonamides is 1. The molecule has 9 heteroatoms. The SMILES string of the molecule is CC(C)CC(CNS(=O)(=O)c1cc2c(cc1F)NC(=O)CC2)C(=O)O. The fraction of sp³-hybridized carbons (Fsp3) is 0.500. The van der Waals surface area contributed by atoms with E-state index in [1.807, 2.05) is 13.8 Å². The van der Waals surface area contributed by atoms with E-state index in [2.05, 4.69) is 10.0 Å². The summed E-state index contributed by atoms with van der Waals surface area (Å²) in [5.74, 6) is -3.17. The molecule has 0 spiro atoms. The van der Waals surface area contributed by atoms with Crippen LogP contribution in [0.2, 0.25) is 0 Å². The molecule has 0 bridgehead atoms. The molecular formula is C16H21FN2O5S. The summed E-state index contributed by atoms with van der Waals surface area (Å²) in [5, 5.41) is 11.7. The maximum atomic E-state index is 14.2. The van der Waals surface area contributed by atoms with Gasteiger partial charge in [0.1, 0.15) is 10.7 Å². The van der Waals surface area contributed by atoms with Gasteiger partial charge >= 0.3 is 5.97 Å². The number of halogens is 1. The zero-order valence-electron chi connectivity index (χ0n) is 14.0. The molecule has 1 aliphatic rings. The van der Waals surface area contributed by atoms with E-state index < -0.39 is 32.6 Å². The van der Waals surface area contributed by atoms with Gasteiger partial charge in [-0.25, -0.2) is 17.5 Å². The molecule has 1 amide bonds. The Morgan fingerprint density at radius 2 is 2.04 bits per heavy atom. The average Bonchev–Trinajstić information content (AvgIpc) is 2.49. The molecule has 25 heavy (non-hydrogen) atoms. The molecule has 1 atom stereocenters. The third kappa shape index (κ3) is 4.76. The van der Waals surface area contributed by atoms with Crippen LogP contribution < -0.4 is 10.0 Å². The molecule has 0 saturated carbocycles. The largest absolute Gasteiger partial charge is 0.481 e. The Labute approximate surface area is 145 Å². The number of rotatable bonds is 7. The Balaban J connectivity index is 2.22. The molecule has 2 rings (SSSR count). The first-order valence-corrected chi connectivity index (χ1v) is 9.43. The number of carboxylic acid groups (broad SMARTS) is 1. The highest BCUT2D eigenvalue weighted by Gasteiger charge is 2.27. The van der Waals surface area contributed by atoms with E-state index >= 15 is 0 Å². The summed E-state index contributed by atoms with van der Waals surface area (Å²) in [7, 11) is -4.20. The fourth-order valence-corrected chi connectivity index (χ4v) is 3.90. The first kappa shape index (κ1) is 19.3. The van der Waals surface area contributed by atoms with Gasteiger partial charge in [-0.15, -0.1) is 0 Å². The van der Waals surface area contributed by atoms with Gasteiger partial charge in [0.05, 0.1) is 5.92 Å². The summed E-state index contributed by atoms with van der Waals surface area (Å²) < 4.78 is 41.2. The summed E-state index contributed by atoms with van der Waals surface area (Å²) in [6, 6.07) is 2.16. The van der Waals surface area contributed by atoms with Crippen LogP contribution in [0.25, 0.3) is 0 Å². The lowest BCUT2D eigenvalue weighted by molar-refractivity contribution is -0.142. The lowest BCUT2D eigenvalue weighted by Crippen LogP contribution is -2.34. The molecule has 3 N–H and O–H groups in total. The van der Waals surface area contributed by atoms with Crippen LogP contribution in [0.5, 0.6) is 0 Å². The van der Waals surface area contributed by atoms with Crippen LogP contribution in [0.1, 0.15) is 32.3 Å². The molecule has 0 aromatic heterocycles. The number of nitrogens with one attached hydrogen (secondary N) is 2. The molecule has 1 aromatic rings. The van der Waals surface area contributed by atoms with Crippen molar-refractivity contribution in [2.24, 2.45) is 11.8 Å². The van der Waals surface area contributed by atoms with Gasteiger partial charge in [0.15, 0.2) is 0 Å². The van der Waals surface area contributed by atoms with Gasteiger partial charge in [0.2, 0.25) is 15.9 Å². The van der Waals surface area contributed by atoms with Crippen molar-refractivity contribution in [1.82, 2.24) is 4.72 Å². The molecule has 1 aromatic carbocycles. The summed E-state index contributed by atoms with van der Waals surface area (Å²) in [6.07, 6.45) is 0.812. The van der Waals surface area contributed by atoms with Crippen molar-refractivity contribution in [3.63, 3.8) is 0 Å². The predicted octanol–water partition coefficient (Wildman–Crippen LogP) is 1.74. The molecule has 1 unspecified atom stereocenters. The number of aliphatic carboxylic acids is 1. The van der Waals surface area contributed by atoms with Gasteiger partial charge in [-0.2, -0.15) is 0 Å². The topological polar surface area (TPSA) is 113 Å². The molecule has 7 nitrogen and oxygen atoms in total. The molecule has 138 valence electrons. The minimum Gasteiger partial charge on any atom is -0.481 e. The van der Waals surface area contributed by atoms with Crippen molar-refractivity contribution in [2.45, 2.75) is 38.0 Å². The summed E-state index contributed by atoms with van der Waals surface area (Å²) in [4.78, 5) is 22.0. The van der Waals surface area contributed by atoms with Crippen molar-refractivity contribution in [3.05, 3.63) is 23.5 Å². The lowest BCUT2D eigenvalue weighted by Gasteiger charge is -2.19. The Morgan fingerprint density at radius 1 is 1.36 bits per heavy atom. The molecule has 0 fully saturated rings. The lowest BCUT2D eigenvalue weighted by atomic mass is 9.98. The van der Waals surface area contributed by atoms with E-state index in [9.17, 15) is 27.5 Å². The molecule has 0 aliphatic carbocycles. The van der Waals surface area contributed by atoms with E-state index in [1.54, 1.807) is 0 Å². The molecule has 0 saturated heterocycles. The van der Waals surface area contributed by atoms with Crippen LogP contribution >= 0.6 is 0 Å². The standard InChI is InChI=1S/C16H21FN2O5S/c1-9(2)5-11(16(21)22)8-18-25(23,24)14-6-10-3-4-15(20)19-13(10)7-12(14)17/h6-7,9,11,18H,3-5,8H2,1-2H3,(H,19,20)(H,21,22). The second-order valence-electron chi connectivity index (χ2n) is 6.50. The molecule has 1 heterocycles. The number of hydrogen-bond donors (Lipinski definition) is 3. The van der Waals surface area contributed by atoms with Crippen LogP contribution in [-0.4, -0.2) is 31.9 Å². The molecular weight excluding hydrogens is 351 g/mol. The summed E-state index contributed by atoms with van der Waals surface area (Å²) >= 11 is 0. The number of aryl methyl sites for hydroxylation is 1. The Hall–Kier alpha value is -2.00. The van der Waals surface area contributed by atoms with Crippen LogP contribution in [0.15, 0.2) is 17.0 Å². The van der Waals surface area contributed by atoms with Crippen LogP contribution in [-0.2, 0) is 26.0 Å². The minimum absolute atomic E-state index is 0.0784. The van der Waals surface area contributed by atoms with Crippen LogP contribution in [0.3, 0.4) is 0 Å². The van der Waals surface area contributed by atoms with E-state index in [4.69, 9.17) is 0 Å². The van der Waals surface area contributed by atoms with Gasteiger partial charge in [0, 0.05) is 18.7 Å². The van der Waals surface area contributed by atoms with Gasteiger partial charge in [-0.05, 0) is 36.5 Å². The van der Waals surface area contributed by atoms with Crippen molar-refractivity contribution in [2.75, 3.05) is 11.9 Å². The van der Waals surface area contributed by atoms with Gasteiger partial charge in [0.25, 0.3) is 0 Å². The first-order valence-electron chi connectivity index (χ1n) is 7.95. The van der Waals surface area contributed by atoms with Crippen molar-refractivity contribution in [1.29, 1.82) is 0 Å². The summed E-state index contributed by atoms with van der Waals surface area (Å²) in [6.45, 7) is 3.35. The normalized spacial score (nSPS) is 15.6. The third-order valence-electron chi connectivity index (χ3n) is 3.97. The number of carboxylic acids is 1.